The number of aliphatic hydroxyl groups is 1. The number of nitrogen functional groups attached to an aromatic ring is 1. The van der Waals surface area contributed by atoms with Gasteiger partial charge >= 0.3 is 0 Å². The van der Waals surface area contributed by atoms with Crippen molar-refractivity contribution < 1.29 is 5.11 Å². The Morgan fingerprint density at radius 2 is 2.21 bits per heavy atom. The second kappa shape index (κ2) is 5.28. The van der Waals surface area contributed by atoms with Crippen LogP contribution >= 0.6 is 11.3 Å². The number of thiophene rings is 1. The lowest BCUT2D eigenvalue weighted by atomic mass is 10.0. The summed E-state index contributed by atoms with van der Waals surface area (Å²) >= 11 is 1.59. The quantitative estimate of drug-likeness (QED) is 0.493. The lowest BCUT2D eigenvalue weighted by Gasteiger charge is -2.22. The molecular formula is C12H19N5OS. The monoisotopic (exact) mass is 281 g/mol. The molecule has 0 aliphatic heterocycles. The SMILES string of the molecule is CCC(C)(O)CNc1nc(NN)nc2sc(C)cc12. The van der Waals surface area contributed by atoms with Crippen molar-refractivity contribution >= 4 is 33.3 Å². The van der Waals surface area contributed by atoms with Gasteiger partial charge in [-0.1, -0.05) is 6.92 Å². The Balaban J connectivity index is 2.35. The van der Waals surface area contributed by atoms with Crippen molar-refractivity contribution in [3.63, 3.8) is 0 Å². The summed E-state index contributed by atoms with van der Waals surface area (Å²) in [6.07, 6.45) is 0.666. The summed E-state index contributed by atoms with van der Waals surface area (Å²) in [5, 5.41) is 14.2. The number of nitrogens with one attached hydrogen (secondary N) is 2. The van der Waals surface area contributed by atoms with Crippen molar-refractivity contribution in [1.82, 2.24) is 9.97 Å². The number of hydrazine groups is 1. The second-order valence-corrected chi connectivity index (χ2v) is 6.05. The highest BCUT2D eigenvalue weighted by Crippen LogP contribution is 2.29. The molecule has 0 fully saturated rings. The van der Waals surface area contributed by atoms with E-state index in [1.165, 1.54) is 0 Å². The first-order valence-electron chi connectivity index (χ1n) is 6.16. The number of rotatable bonds is 5. The number of nitrogens with zero attached hydrogens (tertiary/aromatic N) is 2. The van der Waals surface area contributed by atoms with Crippen LogP contribution in [0.1, 0.15) is 25.1 Å². The van der Waals surface area contributed by atoms with E-state index < -0.39 is 5.60 Å². The van der Waals surface area contributed by atoms with Crippen LogP contribution < -0.4 is 16.6 Å². The van der Waals surface area contributed by atoms with E-state index in [-0.39, 0.29) is 0 Å². The molecule has 0 aromatic carbocycles. The third-order valence-electron chi connectivity index (χ3n) is 3.04. The highest BCUT2D eigenvalue weighted by molar-refractivity contribution is 7.18. The highest BCUT2D eigenvalue weighted by atomic mass is 32.1. The number of fused-ring (bicyclic) bond motifs is 1. The Bertz CT molecular complexity index is 581. The molecule has 6 nitrogen and oxygen atoms in total. The van der Waals surface area contributed by atoms with Crippen LogP contribution in [0.15, 0.2) is 6.07 Å². The summed E-state index contributed by atoms with van der Waals surface area (Å²) in [4.78, 5) is 10.6. The van der Waals surface area contributed by atoms with Crippen molar-refractivity contribution in [3.8, 4) is 0 Å². The average Bonchev–Trinajstić information content (AvgIpc) is 2.76. The molecule has 0 aliphatic carbocycles. The number of nitrogens with two attached hydrogens (primary N) is 1. The van der Waals surface area contributed by atoms with Crippen molar-refractivity contribution in [1.29, 1.82) is 0 Å². The first-order chi connectivity index (χ1) is 8.95. The minimum atomic E-state index is -0.765. The van der Waals surface area contributed by atoms with E-state index in [1.807, 2.05) is 19.9 Å². The Hall–Kier alpha value is -1.44. The van der Waals surface area contributed by atoms with Crippen LogP contribution in [0.4, 0.5) is 11.8 Å². The lowest BCUT2D eigenvalue weighted by molar-refractivity contribution is 0.0697. The largest absolute Gasteiger partial charge is 0.388 e. The molecule has 19 heavy (non-hydrogen) atoms. The van der Waals surface area contributed by atoms with Crippen molar-refractivity contribution in [2.75, 3.05) is 17.3 Å². The number of hydrogen-bond acceptors (Lipinski definition) is 7. The van der Waals surface area contributed by atoms with E-state index in [2.05, 4.69) is 20.7 Å². The van der Waals surface area contributed by atoms with Gasteiger partial charge in [-0.25, -0.2) is 10.8 Å². The van der Waals surface area contributed by atoms with Gasteiger partial charge in [0.25, 0.3) is 0 Å². The summed E-state index contributed by atoms with van der Waals surface area (Å²) in [5.41, 5.74) is 1.70. The molecule has 0 saturated heterocycles. The maximum absolute atomic E-state index is 10.0. The summed E-state index contributed by atoms with van der Waals surface area (Å²) in [6, 6.07) is 2.03. The Morgan fingerprint density at radius 1 is 1.47 bits per heavy atom. The van der Waals surface area contributed by atoms with Crippen molar-refractivity contribution in [3.05, 3.63) is 10.9 Å². The maximum atomic E-state index is 10.0. The molecular weight excluding hydrogens is 262 g/mol. The minimum absolute atomic E-state index is 0.369. The van der Waals surface area contributed by atoms with Gasteiger partial charge in [-0.05, 0) is 26.3 Å². The summed E-state index contributed by atoms with van der Waals surface area (Å²) < 4.78 is 0. The standard InChI is InChI=1S/C12H19N5OS/c1-4-12(3,18)6-14-9-8-5-7(2)19-10(8)16-11(15-9)17-13/h5,18H,4,6,13H2,1-3H3,(H2,14,15,16,17). The number of anilines is 2. The van der Waals surface area contributed by atoms with Gasteiger partial charge in [0.2, 0.25) is 5.95 Å². The fourth-order valence-corrected chi connectivity index (χ4v) is 2.52. The molecule has 0 bridgehead atoms. The predicted octanol–water partition coefficient (Wildman–Crippen LogP) is 1.86. The summed E-state index contributed by atoms with van der Waals surface area (Å²) in [7, 11) is 0. The fourth-order valence-electron chi connectivity index (χ4n) is 1.64. The van der Waals surface area contributed by atoms with E-state index in [4.69, 9.17) is 5.84 Å². The van der Waals surface area contributed by atoms with E-state index in [0.29, 0.717) is 24.7 Å². The van der Waals surface area contributed by atoms with E-state index in [0.717, 1.165) is 15.1 Å². The van der Waals surface area contributed by atoms with E-state index >= 15 is 0 Å². The number of aromatic nitrogens is 2. The first-order valence-corrected chi connectivity index (χ1v) is 6.98. The van der Waals surface area contributed by atoms with E-state index in [1.54, 1.807) is 18.3 Å². The van der Waals surface area contributed by atoms with Gasteiger partial charge in [0.05, 0.1) is 11.0 Å². The van der Waals surface area contributed by atoms with Gasteiger partial charge < -0.3 is 10.4 Å². The molecule has 104 valence electrons. The molecule has 0 saturated carbocycles. The molecule has 1 atom stereocenters. The molecule has 0 amide bonds. The fraction of sp³-hybridized carbons (Fsp3) is 0.500. The molecule has 0 radical (unpaired) electrons. The topological polar surface area (TPSA) is 96.1 Å². The molecule has 7 heteroatoms. The second-order valence-electron chi connectivity index (χ2n) is 4.82. The molecule has 0 aliphatic rings. The average molecular weight is 281 g/mol. The molecule has 2 aromatic heterocycles. The normalized spacial score (nSPS) is 14.4. The number of hydrogen-bond donors (Lipinski definition) is 4. The zero-order valence-corrected chi connectivity index (χ0v) is 12.1. The summed E-state index contributed by atoms with van der Waals surface area (Å²) in [6.45, 7) is 6.18. The van der Waals surface area contributed by atoms with Gasteiger partial charge in [0.1, 0.15) is 10.6 Å². The zero-order valence-electron chi connectivity index (χ0n) is 11.3. The lowest BCUT2D eigenvalue weighted by Crippen LogP contribution is -2.32. The third-order valence-corrected chi connectivity index (χ3v) is 3.99. The first kappa shape index (κ1) is 14.0. The molecule has 5 N–H and O–H groups in total. The third kappa shape index (κ3) is 3.12. The van der Waals surface area contributed by atoms with Gasteiger partial charge in [-0.15, -0.1) is 11.3 Å². The van der Waals surface area contributed by atoms with Gasteiger partial charge in [-0.3, -0.25) is 5.43 Å². The maximum Gasteiger partial charge on any atom is 0.240 e. The van der Waals surface area contributed by atoms with Crippen LogP contribution in [0.2, 0.25) is 0 Å². The minimum Gasteiger partial charge on any atom is -0.388 e. The molecule has 1 unspecified atom stereocenters. The Labute approximate surface area is 116 Å². The van der Waals surface area contributed by atoms with Crippen molar-refractivity contribution in [2.24, 2.45) is 5.84 Å². The molecule has 2 heterocycles. The highest BCUT2D eigenvalue weighted by Gasteiger charge is 2.18. The molecule has 2 aromatic rings. The smallest absolute Gasteiger partial charge is 0.240 e. The molecule has 2 rings (SSSR count). The van der Waals surface area contributed by atoms with E-state index in [9.17, 15) is 5.11 Å². The number of aryl methyl sites for hydroxylation is 1. The predicted molar refractivity (Wildman–Crippen MR) is 79.4 cm³/mol. The zero-order chi connectivity index (χ0) is 14.0. The van der Waals surface area contributed by atoms with Gasteiger partial charge in [0, 0.05) is 11.4 Å². The van der Waals surface area contributed by atoms with Gasteiger partial charge in [0.15, 0.2) is 0 Å². The molecule has 0 spiro atoms. The summed E-state index contributed by atoms with van der Waals surface area (Å²) in [5.74, 6) is 6.44. The van der Waals surface area contributed by atoms with Crippen LogP contribution in [0, 0.1) is 6.92 Å². The Kier molecular flexibility index (Phi) is 3.88. The van der Waals surface area contributed by atoms with Crippen LogP contribution in [0.5, 0.6) is 0 Å². The van der Waals surface area contributed by atoms with Crippen LogP contribution in [0.25, 0.3) is 10.2 Å². The van der Waals surface area contributed by atoms with Gasteiger partial charge in [-0.2, -0.15) is 4.98 Å². The van der Waals surface area contributed by atoms with Crippen LogP contribution in [-0.4, -0.2) is 27.2 Å². The Morgan fingerprint density at radius 3 is 2.84 bits per heavy atom. The van der Waals surface area contributed by atoms with Crippen LogP contribution in [-0.2, 0) is 0 Å². The van der Waals surface area contributed by atoms with Crippen molar-refractivity contribution in [2.45, 2.75) is 32.8 Å². The van der Waals surface area contributed by atoms with Crippen LogP contribution in [0.3, 0.4) is 0 Å².